The number of carbonyl (C=O) groups is 1. The molecule has 0 amide bonds. The molecule has 92 valence electrons. The second-order valence-electron chi connectivity index (χ2n) is 3.64. The third kappa shape index (κ3) is 3.10. The van der Waals surface area contributed by atoms with Crippen molar-refractivity contribution in [2.24, 2.45) is 0 Å². The molecule has 0 aliphatic carbocycles. The van der Waals surface area contributed by atoms with E-state index in [2.05, 4.69) is 0 Å². The standard InChI is InChI=1S/C10H11NO5S/c1-7(17(2,15)16)10(12)8-3-5-9(6-4-8)11(13)14/h3-7H,1-2H3/t7-/m1/s1. The third-order valence-corrected chi connectivity index (χ3v) is 3.87. The predicted molar refractivity (Wildman–Crippen MR) is 61.7 cm³/mol. The van der Waals surface area contributed by atoms with Crippen molar-refractivity contribution in [2.75, 3.05) is 6.26 Å². The van der Waals surface area contributed by atoms with Crippen molar-refractivity contribution in [3.8, 4) is 0 Å². The van der Waals surface area contributed by atoms with E-state index >= 15 is 0 Å². The maximum atomic E-state index is 11.7. The molecule has 0 fully saturated rings. The number of nitro groups is 1. The van der Waals surface area contributed by atoms with E-state index in [1.165, 1.54) is 31.2 Å². The topological polar surface area (TPSA) is 94.3 Å². The maximum Gasteiger partial charge on any atom is 0.269 e. The number of rotatable bonds is 4. The van der Waals surface area contributed by atoms with Crippen molar-refractivity contribution >= 4 is 21.3 Å². The quantitative estimate of drug-likeness (QED) is 0.459. The van der Waals surface area contributed by atoms with Gasteiger partial charge in [-0.2, -0.15) is 0 Å². The molecule has 7 heteroatoms. The molecule has 0 saturated heterocycles. The summed E-state index contributed by atoms with van der Waals surface area (Å²) < 4.78 is 22.4. The lowest BCUT2D eigenvalue weighted by molar-refractivity contribution is -0.384. The Morgan fingerprint density at radius 1 is 1.29 bits per heavy atom. The maximum absolute atomic E-state index is 11.7. The largest absolute Gasteiger partial charge is 0.293 e. The fourth-order valence-electron chi connectivity index (χ4n) is 1.18. The van der Waals surface area contributed by atoms with Gasteiger partial charge in [0.25, 0.3) is 5.69 Å². The summed E-state index contributed by atoms with van der Waals surface area (Å²) in [5.74, 6) is -0.567. The summed E-state index contributed by atoms with van der Waals surface area (Å²) in [4.78, 5) is 21.5. The van der Waals surface area contributed by atoms with Crippen LogP contribution in [0.4, 0.5) is 5.69 Å². The first-order chi connectivity index (χ1) is 7.73. The van der Waals surface area contributed by atoms with Gasteiger partial charge in [0.2, 0.25) is 0 Å². The van der Waals surface area contributed by atoms with Crippen LogP contribution in [-0.4, -0.2) is 30.6 Å². The van der Waals surface area contributed by atoms with Gasteiger partial charge in [0.05, 0.1) is 4.92 Å². The summed E-state index contributed by atoms with van der Waals surface area (Å²) in [7, 11) is -3.46. The Kier molecular flexibility index (Phi) is 3.62. The Morgan fingerprint density at radius 3 is 2.12 bits per heavy atom. The fourth-order valence-corrected chi connectivity index (χ4v) is 1.70. The molecule has 0 aliphatic heterocycles. The monoisotopic (exact) mass is 257 g/mol. The molecular formula is C10H11NO5S. The predicted octanol–water partition coefficient (Wildman–Crippen LogP) is 1.21. The van der Waals surface area contributed by atoms with E-state index in [0.717, 1.165) is 6.26 Å². The van der Waals surface area contributed by atoms with E-state index in [0.29, 0.717) is 0 Å². The number of nitrogens with zero attached hydrogens (tertiary/aromatic N) is 1. The summed E-state index contributed by atoms with van der Waals surface area (Å²) in [6, 6.07) is 4.84. The summed E-state index contributed by atoms with van der Waals surface area (Å²) >= 11 is 0. The molecule has 0 saturated carbocycles. The second kappa shape index (κ2) is 4.62. The van der Waals surface area contributed by atoms with E-state index in [1.807, 2.05) is 0 Å². The van der Waals surface area contributed by atoms with Crippen LogP contribution in [0, 0.1) is 10.1 Å². The van der Waals surface area contributed by atoms with Gasteiger partial charge in [-0.3, -0.25) is 14.9 Å². The van der Waals surface area contributed by atoms with E-state index < -0.39 is 25.8 Å². The highest BCUT2D eigenvalue weighted by Gasteiger charge is 2.24. The van der Waals surface area contributed by atoms with E-state index in [-0.39, 0.29) is 11.3 Å². The number of hydrogen-bond donors (Lipinski definition) is 0. The number of sulfone groups is 1. The molecule has 1 atom stereocenters. The van der Waals surface area contributed by atoms with Gasteiger partial charge in [-0.05, 0) is 19.1 Å². The van der Waals surface area contributed by atoms with Crippen LogP contribution in [0.3, 0.4) is 0 Å². The van der Waals surface area contributed by atoms with Gasteiger partial charge in [0.15, 0.2) is 15.6 Å². The zero-order valence-corrected chi connectivity index (χ0v) is 10.1. The number of non-ortho nitro benzene ring substituents is 1. The van der Waals surface area contributed by atoms with Gasteiger partial charge in [0, 0.05) is 24.0 Å². The molecule has 6 nitrogen and oxygen atoms in total. The van der Waals surface area contributed by atoms with Gasteiger partial charge >= 0.3 is 0 Å². The van der Waals surface area contributed by atoms with E-state index in [9.17, 15) is 23.3 Å². The van der Waals surface area contributed by atoms with Crippen molar-refractivity contribution in [3.63, 3.8) is 0 Å². The molecule has 0 spiro atoms. The summed E-state index contributed by atoms with van der Waals surface area (Å²) in [5.41, 5.74) is 0.00193. The molecule has 1 rings (SSSR count). The number of benzene rings is 1. The number of ketones is 1. The fraction of sp³-hybridized carbons (Fsp3) is 0.300. The van der Waals surface area contributed by atoms with Gasteiger partial charge < -0.3 is 0 Å². The Hall–Kier alpha value is -1.76. The normalized spacial score (nSPS) is 13.1. The van der Waals surface area contributed by atoms with Crippen molar-refractivity contribution in [1.82, 2.24) is 0 Å². The van der Waals surface area contributed by atoms with Crippen molar-refractivity contribution in [1.29, 1.82) is 0 Å². The molecular weight excluding hydrogens is 246 g/mol. The van der Waals surface area contributed by atoms with Crippen LogP contribution in [0.1, 0.15) is 17.3 Å². The molecule has 0 aliphatic rings. The average molecular weight is 257 g/mol. The van der Waals surface area contributed by atoms with Crippen molar-refractivity contribution in [3.05, 3.63) is 39.9 Å². The van der Waals surface area contributed by atoms with Gasteiger partial charge in [0.1, 0.15) is 5.25 Å². The van der Waals surface area contributed by atoms with Gasteiger partial charge in [-0.1, -0.05) is 0 Å². The van der Waals surface area contributed by atoms with Crippen LogP contribution in [0.15, 0.2) is 24.3 Å². The summed E-state index contributed by atoms with van der Waals surface area (Å²) in [6.45, 7) is 1.29. The molecule has 1 aromatic rings. The Morgan fingerprint density at radius 2 is 1.76 bits per heavy atom. The van der Waals surface area contributed by atoms with Crippen LogP contribution in [0.2, 0.25) is 0 Å². The number of nitro benzene ring substituents is 1. The first-order valence-corrected chi connectivity index (χ1v) is 6.66. The van der Waals surface area contributed by atoms with Crippen LogP contribution in [0.25, 0.3) is 0 Å². The highest BCUT2D eigenvalue weighted by atomic mass is 32.2. The summed E-state index contributed by atoms with van der Waals surface area (Å²) in [6.07, 6.45) is 0.973. The number of carbonyl (C=O) groups excluding carboxylic acids is 1. The van der Waals surface area contributed by atoms with Crippen molar-refractivity contribution in [2.45, 2.75) is 12.2 Å². The zero-order valence-electron chi connectivity index (χ0n) is 9.28. The van der Waals surface area contributed by atoms with Crippen molar-refractivity contribution < 1.29 is 18.1 Å². The van der Waals surface area contributed by atoms with Crippen LogP contribution in [0.5, 0.6) is 0 Å². The summed E-state index contributed by atoms with van der Waals surface area (Å²) in [5, 5.41) is 9.25. The highest BCUT2D eigenvalue weighted by molar-refractivity contribution is 7.92. The van der Waals surface area contributed by atoms with Crippen LogP contribution in [-0.2, 0) is 9.84 Å². The minimum atomic E-state index is -3.46. The molecule has 0 heterocycles. The minimum absolute atomic E-state index is 0.145. The molecule has 17 heavy (non-hydrogen) atoms. The molecule has 0 N–H and O–H groups in total. The van der Waals surface area contributed by atoms with Crippen LogP contribution < -0.4 is 0 Å². The van der Waals surface area contributed by atoms with E-state index in [1.54, 1.807) is 0 Å². The van der Waals surface area contributed by atoms with Gasteiger partial charge in [-0.25, -0.2) is 8.42 Å². The lowest BCUT2D eigenvalue weighted by Gasteiger charge is -2.07. The number of hydrogen-bond acceptors (Lipinski definition) is 5. The zero-order chi connectivity index (χ0) is 13.2. The molecule has 0 bridgehead atoms. The first-order valence-electron chi connectivity index (χ1n) is 4.71. The van der Waals surface area contributed by atoms with Crippen LogP contribution >= 0.6 is 0 Å². The average Bonchev–Trinajstić information content (AvgIpc) is 2.26. The Bertz CT molecular complexity index is 547. The van der Waals surface area contributed by atoms with Gasteiger partial charge in [-0.15, -0.1) is 0 Å². The molecule has 0 radical (unpaired) electrons. The molecule has 0 aromatic heterocycles. The smallest absolute Gasteiger partial charge is 0.269 e. The first kappa shape index (κ1) is 13.3. The molecule has 1 aromatic carbocycles. The number of Topliss-reactive ketones (excluding diaryl/α,β-unsaturated/α-hetero) is 1. The third-order valence-electron chi connectivity index (χ3n) is 2.37. The minimum Gasteiger partial charge on any atom is -0.293 e. The lowest BCUT2D eigenvalue weighted by atomic mass is 10.1. The Labute approximate surface area is 98.3 Å². The SMILES string of the molecule is C[C@H](C(=O)c1ccc([N+](=O)[O-])cc1)S(C)(=O)=O. The van der Waals surface area contributed by atoms with E-state index in [4.69, 9.17) is 0 Å². The Balaban J connectivity index is 3.03. The molecule has 0 unspecified atom stereocenters. The second-order valence-corrected chi connectivity index (χ2v) is 6.01. The lowest BCUT2D eigenvalue weighted by Crippen LogP contribution is -2.26. The highest BCUT2D eigenvalue weighted by Crippen LogP contribution is 2.15.